The van der Waals surface area contributed by atoms with Crippen LogP contribution in [0.25, 0.3) is 0 Å². The van der Waals surface area contributed by atoms with E-state index in [1.807, 2.05) is 30.3 Å². The standard InChI is InChI=1S/C24H29N3O5/c1-17-7-5-6-10-21(17)25-23(28)22(15-18-11-13-20(14-12-18)27(30)31)26-24(29)32-16-19-8-3-2-4-9-19/h2-4,8-9,11-14,17,21-22H,5-7,10,15-16H2,1H3,(H,25,28)(H,26,29)/t17-,21+,22+/m1/s1. The number of amides is 2. The van der Waals surface area contributed by atoms with Crippen molar-refractivity contribution >= 4 is 17.7 Å². The third kappa shape index (κ3) is 6.80. The molecule has 0 saturated heterocycles. The summed E-state index contributed by atoms with van der Waals surface area (Å²) in [6, 6.07) is 14.5. The van der Waals surface area contributed by atoms with Crippen molar-refractivity contribution < 1.29 is 19.2 Å². The summed E-state index contributed by atoms with van der Waals surface area (Å²) in [4.78, 5) is 35.9. The molecule has 0 aliphatic heterocycles. The van der Waals surface area contributed by atoms with Crippen LogP contribution in [-0.4, -0.2) is 29.0 Å². The maximum absolute atomic E-state index is 13.1. The zero-order valence-electron chi connectivity index (χ0n) is 18.2. The molecule has 32 heavy (non-hydrogen) atoms. The molecule has 2 N–H and O–H groups in total. The number of rotatable bonds is 8. The summed E-state index contributed by atoms with van der Waals surface area (Å²) in [5, 5.41) is 16.6. The number of benzene rings is 2. The molecule has 0 aromatic heterocycles. The van der Waals surface area contributed by atoms with E-state index in [0.29, 0.717) is 11.5 Å². The number of non-ortho nitro benzene ring substituents is 1. The van der Waals surface area contributed by atoms with Crippen LogP contribution >= 0.6 is 0 Å². The fraction of sp³-hybridized carbons (Fsp3) is 0.417. The fourth-order valence-electron chi connectivity index (χ4n) is 3.92. The van der Waals surface area contributed by atoms with E-state index in [1.165, 1.54) is 12.1 Å². The van der Waals surface area contributed by atoms with Gasteiger partial charge in [0.05, 0.1) is 4.92 Å². The number of carbonyl (C=O) groups excluding carboxylic acids is 2. The minimum absolute atomic E-state index is 0.0268. The van der Waals surface area contributed by atoms with Crippen LogP contribution in [0.15, 0.2) is 54.6 Å². The Morgan fingerprint density at radius 1 is 1.06 bits per heavy atom. The summed E-state index contributed by atoms with van der Waals surface area (Å²) in [7, 11) is 0. The van der Waals surface area contributed by atoms with Crippen molar-refractivity contribution in [3.05, 3.63) is 75.8 Å². The lowest BCUT2D eigenvalue weighted by Crippen LogP contribution is -2.52. The SMILES string of the molecule is C[C@@H]1CCCC[C@@H]1NC(=O)[C@H](Cc1ccc([N+](=O)[O-])cc1)NC(=O)OCc1ccccc1. The van der Waals surface area contributed by atoms with Gasteiger partial charge in [-0.3, -0.25) is 14.9 Å². The number of hydrogen-bond donors (Lipinski definition) is 2. The minimum Gasteiger partial charge on any atom is -0.445 e. The Bertz CT molecular complexity index is 917. The highest BCUT2D eigenvalue weighted by Gasteiger charge is 2.28. The van der Waals surface area contributed by atoms with Gasteiger partial charge in [0.2, 0.25) is 5.91 Å². The van der Waals surface area contributed by atoms with Gasteiger partial charge in [-0.05, 0) is 29.9 Å². The zero-order chi connectivity index (χ0) is 22.9. The molecule has 2 aromatic rings. The topological polar surface area (TPSA) is 111 Å². The summed E-state index contributed by atoms with van der Waals surface area (Å²) in [6.07, 6.45) is 3.71. The van der Waals surface area contributed by atoms with E-state index in [9.17, 15) is 19.7 Å². The highest BCUT2D eigenvalue weighted by Crippen LogP contribution is 2.24. The summed E-state index contributed by atoms with van der Waals surface area (Å²) in [5.74, 6) is 0.0940. The van der Waals surface area contributed by atoms with Crippen LogP contribution in [-0.2, 0) is 22.6 Å². The van der Waals surface area contributed by atoms with Crippen LogP contribution in [0.3, 0.4) is 0 Å². The van der Waals surface area contributed by atoms with Crippen LogP contribution in [0, 0.1) is 16.0 Å². The van der Waals surface area contributed by atoms with Crippen molar-refractivity contribution in [2.75, 3.05) is 0 Å². The lowest BCUT2D eigenvalue weighted by Gasteiger charge is -2.31. The van der Waals surface area contributed by atoms with Gasteiger partial charge in [-0.25, -0.2) is 4.79 Å². The number of nitrogens with one attached hydrogen (secondary N) is 2. The molecule has 2 aromatic carbocycles. The van der Waals surface area contributed by atoms with Gasteiger partial charge in [0, 0.05) is 24.6 Å². The highest BCUT2D eigenvalue weighted by atomic mass is 16.6. The lowest BCUT2D eigenvalue weighted by molar-refractivity contribution is -0.384. The maximum atomic E-state index is 13.1. The van der Waals surface area contributed by atoms with E-state index in [0.717, 1.165) is 31.2 Å². The molecule has 1 fully saturated rings. The molecule has 0 spiro atoms. The summed E-state index contributed by atoms with van der Waals surface area (Å²) < 4.78 is 5.29. The smallest absolute Gasteiger partial charge is 0.408 e. The first-order valence-corrected chi connectivity index (χ1v) is 10.9. The molecule has 0 radical (unpaired) electrons. The molecule has 2 amide bonds. The van der Waals surface area contributed by atoms with Crippen molar-refractivity contribution in [3.8, 4) is 0 Å². The number of nitrogens with zero attached hydrogens (tertiary/aromatic N) is 1. The predicted molar refractivity (Wildman–Crippen MR) is 120 cm³/mol. The largest absolute Gasteiger partial charge is 0.445 e. The van der Waals surface area contributed by atoms with E-state index in [1.54, 1.807) is 12.1 Å². The average molecular weight is 440 g/mol. The van der Waals surface area contributed by atoms with Gasteiger partial charge < -0.3 is 15.4 Å². The quantitative estimate of drug-likeness (QED) is 0.475. The molecule has 0 unspecified atom stereocenters. The van der Waals surface area contributed by atoms with E-state index in [4.69, 9.17) is 4.74 Å². The molecular formula is C24H29N3O5. The molecule has 0 heterocycles. The Morgan fingerprint density at radius 2 is 1.75 bits per heavy atom. The number of nitro benzene ring substituents is 1. The lowest BCUT2D eigenvalue weighted by atomic mass is 9.85. The van der Waals surface area contributed by atoms with E-state index in [2.05, 4.69) is 17.6 Å². The molecular weight excluding hydrogens is 410 g/mol. The minimum atomic E-state index is -0.853. The van der Waals surface area contributed by atoms with Crippen LogP contribution < -0.4 is 10.6 Å². The first-order chi connectivity index (χ1) is 15.4. The second-order valence-corrected chi connectivity index (χ2v) is 8.26. The summed E-state index contributed by atoms with van der Waals surface area (Å²) >= 11 is 0. The van der Waals surface area contributed by atoms with Gasteiger partial charge in [0.1, 0.15) is 12.6 Å². The van der Waals surface area contributed by atoms with E-state index < -0.39 is 17.1 Å². The number of carbonyl (C=O) groups is 2. The zero-order valence-corrected chi connectivity index (χ0v) is 18.2. The molecule has 170 valence electrons. The van der Waals surface area contributed by atoms with Gasteiger partial charge in [-0.1, -0.05) is 62.2 Å². The molecule has 1 aliphatic carbocycles. The molecule has 3 rings (SSSR count). The highest BCUT2D eigenvalue weighted by molar-refractivity contribution is 5.86. The fourth-order valence-corrected chi connectivity index (χ4v) is 3.92. The number of hydrogen-bond acceptors (Lipinski definition) is 5. The monoisotopic (exact) mass is 439 g/mol. The first kappa shape index (κ1) is 23.2. The second-order valence-electron chi connectivity index (χ2n) is 8.26. The van der Waals surface area contributed by atoms with Crippen LogP contribution in [0.4, 0.5) is 10.5 Å². The van der Waals surface area contributed by atoms with Crippen molar-refractivity contribution in [1.82, 2.24) is 10.6 Å². The molecule has 3 atom stereocenters. The molecule has 1 aliphatic rings. The summed E-state index contributed by atoms with van der Waals surface area (Å²) in [5.41, 5.74) is 1.52. The average Bonchev–Trinajstić information content (AvgIpc) is 2.80. The summed E-state index contributed by atoms with van der Waals surface area (Å²) in [6.45, 7) is 2.22. The number of ether oxygens (including phenoxy) is 1. The van der Waals surface area contributed by atoms with E-state index >= 15 is 0 Å². The Morgan fingerprint density at radius 3 is 2.41 bits per heavy atom. The van der Waals surface area contributed by atoms with Crippen LogP contribution in [0.1, 0.15) is 43.7 Å². The van der Waals surface area contributed by atoms with Crippen LogP contribution in [0.5, 0.6) is 0 Å². The van der Waals surface area contributed by atoms with Gasteiger partial charge in [0.15, 0.2) is 0 Å². The van der Waals surface area contributed by atoms with Gasteiger partial charge in [-0.2, -0.15) is 0 Å². The molecule has 8 nitrogen and oxygen atoms in total. The second kappa shape index (κ2) is 11.3. The van der Waals surface area contributed by atoms with Crippen molar-refractivity contribution in [1.29, 1.82) is 0 Å². The van der Waals surface area contributed by atoms with Gasteiger partial charge in [0.25, 0.3) is 5.69 Å². The van der Waals surface area contributed by atoms with Crippen LogP contribution in [0.2, 0.25) is 0 Å². The van der Waals surface area contributed by atoms with E-state index in [-0.39, 0.29) is 30.7 Å². The molecule has 0 bridgehead atoms. The van der Waals surface area contributed by atoms with Crippen molar-refractivity contribution in [3.63, 3.8) is 0 Å². The van der Waals surface area contributed by atoms with Gasteiger partial charge >= 0.3 is 6.09 Å². The third-order valence-electron chi connectivity index (χ3n) is 5.85. The Balaban J connectivity index is 1.66. The third-order valence-corrected chi connectivity index (χ3v) is 5.85. The number of alkyl carbamates (subject to hydrolysis) is 1. The van der Waals surface area contributed by atoms with Crippen molar-refractivity contribution in [2.45, 2.75) is 57.7 Å². The van der Waals surface area contributed by atoms with Gasteiger partial charge in [-0.15, -0.1) is 0 Å². The molecule has 1 saturated carbocycles. The Hall–Kier alpha value is -3.42. The predicted octanol–water partition coefficient (Wildman–Crippen LogP) is 4.13. The number of nitro groups is 1. The maximum Gasteiger partial charge on any atom is 0.408 e. The Kier molecular flexibility index (Phi) is 8.19. The van der Waals surface area contributed by atoms with Crippen molar-refractivity contribution in [2.24, 2.45) is 5.92 Å². The first-order valence-electron chi connectivity index (χ1n) is 10.9. The molecule has 8 heteroatoms. The normalized spacial score (nSPS) is 18.9. The Labute approximate surface area is 187 Å².